The predicted molar refractivity (Wildman–Crippen MR) is 82.9 cm³/mol. The summed E-state index contributed by atoms with van der Waals surface area (Å²) in [5, 5.41) is 4.09. The van der Waals surface area contributed by atoms with Crippen molar-refractivity contribution in [3.05, 3.63) is 41.3 Å². The van der Waals surface area contributed by atoms with Crippen molar-refractivity contribution in [3.63, 3.8) is 0 Å². The molecule has 1 amide bonds. The van der Waals surface area contributed by atoms with Crippen LogP contribution in [0.1, 0.15) is 41.9 Å². The lowest BCUT2D eigenvalue weighted by Gasteiger charge is -2.23. The molecule has 5 nitrogen and oxygen atoms in total. The van der Waals surface area contributed by atoms with Crippen LogP contribution in [0.15, 0.2) is 24.5 Å². The van der Waals surface area contributed by atoms with Gasteiger partial charge in [-0.15, -0.1) is 0 Å². The Kier molecular flexibility index (Phi) is 4.96. The summed E-state index contributed by atoms with van der Waals surface area (Å²) in [6, 6.07) is 2.25. The molecule has 2 rings (SSSR count). The van der Waals surface area contributed by atoms with Gasteiger partial charge in [0.15, 0.2) is 5.82 Å². The van der Waals surface area contributed by atoms with Crippen LogP contribution in [-0.4, -0.2) is 38.7 Å². The Morgan fingerprint density at radius 1 is 1.33 bits per heavy atom. The average molecular weight is 340 g/mol. The molecule has 2 aromatic rings. The van der Waals surface area contributed by atoms with E-state index in [-0.39, 0.29) is 17.8 Å². The van der Waals surface area contributed by atoms with Crippen LogP contribution in [0.4, 0.5) is 13.2 Å². The third-order valence-corrected chi connectivity index (χ3v) is 4.10. The van der Waals surface area contributed by atoms with Crippen LogP contribution in [-0.2, 0) is 6.18 Å². The first kappa shape index (κ1) is 18.0. The topological polar surface area (TPSA) is 51.0 Å². The fraction of sp³-hybridized carbons (Fsp3) is 0.438. The van der Waals surface area contributed by atoms with Gasteiger partial charge in [-0.3, -0.25) is 4.79 Å². The molecule has 0 N–H and O–H groups in total. The molecule has 2 heterocycles. The highest BCUT2D eigenvalue weighted by Crippen LogP contribution is 2.28. The van der Waals surface area contributed by atoms with Gasteiger partial charge in [0.1, 0.15) is 0 Å². The van der Waals surface area contributed by atoms with Gasteiger partial charge in [0, 0.05) is 19.3 Å². The van der Waals surface area contributed by atoms with Crippen molar-refractivity contribution < 1.29 is 18.0 Å². The van der Waals surface area contributed by atoms with Gasteiger partial charge in [-0.1, -0.05) is 6.92 Å². The average Bonchev–Trinajstić information content (AvgIpc) is 2.93. The highest BCUT2D eigenvalue weighted by atomic mass is 19.4. The zero-order chi connectivity index (χ0) is 18.1. The number of pyridine rings is 1. The summed E-state index contributed by atoms with van der Waals surface area (Å²) >= 11 is 0. The second-order valence-corrected chi connectivity index (χ2v) is 5.63. The second-order valence-electron chi connectivity index (χ2n) is 5.63. The number of amides is 1. The Morgan fingerprint density at radius 3 is 2.50 bits per heavy atom. The van der Waals surface area contributed by atoms with Crippen LogP contribution < -0.4 is 0 Å². The van der Waals surface area contributed by atoms with Gasteiger partial charge in [-0.2, -0.15) is 18.3 Å². The van der Waals surface area contributed by atoms with E-state index in [1.807, 2.05) is 13.8 Å². The van der Waals surface area contributed by atoms with Gasteiger partial charge in [0.2, 0.25) is 0 Å². The molecular weight excluding hydrogens is 321 g/mol. The summed E-state index contributed by atoms with van der Waals surface area (Å²) in [5.41, 5.74) is 0.103. The maximum atomic E-state index is 12.6. The van der Waals surface area contributed by atoms with Gasteiger partial charge in [-0.25, -0.2) is 9.67 Å². The first-order chi connectivity index (χ1) is 11.2. The van der Waals surface area contributed by atoms with Crippen LogP contribution >= 0.6 is 0 Å². The van der Waals surface area contributed by atoms with Crippen LogP contribution in [0.2, 0.25) is 0 Å². The van der Waals surface area contributed by atoms with Gasteiger partial charge >= 0.3 is 6.18 Å². The van der Waals surface area contributed by atoms with E-state index in [0.29, 0.717) is 11.3 Å². The lowest BCUT2D eigenvalue weighted by molar-refractivity contribution is -0.137. The fourth-order valence-corrected chi connectivity index (χ4v) is 2.19. The zero-order valence-electron chi connectivity index (χ0n) is 13.9. The maximum Gasteiger partial charge on any atom is 0.417 e. The number of rotatable bonds is 4. The Balaban J connectivity index is 2.32. The van der Waals surface area contributed by atoms with Crippen LogP contribution in [0.25, 0.3) is 5.82 Å². The molecule has 0 spiro atoms. The van der Waals surface area contributed by atoms with E-state index in [1.165, 1.54) is 16.9 Å². The summed E-state index contributed by atoms with van der Waals surface area (Å²) in [7, 11) is 1.71. The summed E-state index contributed by atoms with van der Waals surface area (Å²) in [5.74, 6) is 0.0470. The van der Waals surface area contributed by atoms with Crippen molar-refractivity contribution in [2.24, 2.45) is 0 Å². The summed E-state index contributed by atoms with van der Waals surface area (Å²) < 4.78 is 39.1. The molecule has 0 bridgehead atoms. The summed E-state index contributed by atoms with van der Waals surface area (Å²) in [6.07, 6.45) is -1.46. The van der Waals surface area contributed by atoms with E-state index >= 15 is 0 Å². The van der Waals surface area contributed by atoms with Crippen LogP contribution in [0, 0.1) is 6.92 Å². The Hall–Kier alpha value is -2.38. The minimum absolute atomic E-state index is 0.0736. The molecule has 0 aliphatic heterocycles. The molecule has 0 fully saturated rings. The first-order valence-corrected chi connectivity index (χ1v) is 7.52. The van der Waals surface area contributed by atoms with Gasteiger partial charge < -0.3 is 4.90 Å². The molecule has 8 heteroatoms. The molecule has 0 aliphatic carbocycles. The minimum Gasteiger partial charge on any atom is -0.339 e. The normalized spacial score (nSPS) is 13.0. The van der Waals surface area contributed by atoms with Crippen LogP contribution in [0.5, 0.6) is 0 Å². The predicted octanol–water partition coefficient (Wildman–Crippen LogP) is 3.47. The van der Waals surface area contributed by atoms with Crippen molar-refractivity contribution in [1.29, 1.82) is 0 Å². The molecule has 0 saturated carbocycles. The third kappa shape index (κ3) is 3.42. The van der Waals surface area contributed by atoms with Crippen molar-refractivity contribution in [3.8, 4) is 5.82 Å². The maximum absolute atomic E-state index is 12.6. The fourth-order valence-electron chi connectivity index (χ4n) is 2.19. The highest BCUT2D eigenvalue weighted by Gasteiger charge is 2.31. The Labute approximate surface area is 138 Å². The molecule has 1 unspecified atom stereocenters. The van der Waals surface area contributed by atoms with E-state index in [9.17, 15) is 18.0 Å². The molecule has 130 valence electrons. The summed E-state index contributed by atoms with van der Waals surface area (Å²) in [6.45, 7) is 5.61. The monoisotopic (exact) mass is 340 g/mol. The molecule has 1 atom stereocenters. The van der Waals surface area contributed by atoms with E-state index < -0.39 is 11.7 Å². The zero-order valence-corrected chi connectivity index (χ0v) is 13.9. The molecular formula is C16H19F3N4O. The summed E-state index contributed by atoms with van der Waals surface area (Å²) in [4.78, 5) is 17.9. The van der Waals surface area contributed by atoms with E-state index in [2.05, 4.69) is 10.1 Å². The van der Waals surface area contributed by atoms with Crippen LogP contribution in [0.3, 0.4) is 0 Å². The molecule has 2 aromatic heterocycles. The number of alkyl halides is 3. The number of carbonyl (C=O) groups excluding carboxylic acids is 1. The Morgan fingerprint density at radius 2 is 2.00 bits per heavy atom. The number of carbonyl (C=O) groups is 1. The van der Waals surface area contributed by atoms with Crippen molar-refractivity contribution in [2.45, 2.75) is 39.4 Å². The number of nitrogens with zero attached hydrogens (tertiary/aromatic N) is 4. The number of halogens is 3. The number of aromatic nitrogens is 3. The lowest BCUT2D eigenvalue weighted by atomic mass is 10.2. The second kappa shape index (κ2) is 6.62. The smallest absolute Gasteiger partial charge is 0.339 e. The van der Waals surface area contributed by atoms with Gasteiger partial charge in [0.05, 0.1) is 23.0 Å². The highest BCUT2D eigenvalue weighted by molar-refractivity contribution is 5.95. The quantitative estimate of drug-likeness (QED) is 0.856. The standard InChI is InChI=1S/C16H19F3N4O/c1-5-10(2)22(4)15(24)13-9-21-23(11(13)3)14-7-6-12(8-20-14)16(17,18)19/h6-10H,5H2,1-4H3. The molecule has 0 radical (unpaired) electrons. The van der Waals surface area contributed by atoms with E-state index in [0.717, 1.165) is 18.7 Å². The van der Waals surface area contributed by atoms with Crippen molar-refractivity contribution >= 4 is 5.91 Å². The molecule has 0 aromatic carbocycles. The van der Waals surface area contributed by atoms with Gasteiger partial charge in [-0.05, 0) is 32.4 Å². The number of hydrogen-bond acceptors (Lipinski definition) is 3. The van der Waals surface area contributed by atoms with E-state index in [1.54, 1.807) is 18.9 Å². The number of hydrogen-bond donors (Lipinski definition) is 0. The van der Waals surface area contributed by atoms with Gasteiger partial charge in [0.25, 0.3) is 5.91 Å². The van der Waals surface area contributed by atoms with Crippen molar-refractivity contribution in [2.75, 3.05) is 7.05 Å². The van der Waals surface area contributed by atoms with Crippen molar-refractivity contribution in [1.82, 2.24) is 19.7 Å². The Bertz CT molecular complexity index is 722. The molecule has 0 aliphatic rings. The molecule has 0 saturated heterocycles. The first-order valence-electron chi connectivity index (χ1n) is 7.52. The minimum atomic E-state index is -4.44. The largest absolute Gasteiger partial charge is 0.417 e. The lowest BCUT2D eigenvalue weighted by Crippen LogP contribution is -2.34. The third-order valence-electron chi connectivity index (χ3n) is 4.10. The SMILES string of the molecule is CCC(C)N(C)C(=O)c1cnn(-c2ccc(C(F)(F)F)cn2)c1C. The van der Waals surface area contributed by atoms with E-state index in [4.69, 9.17) is 0 Å². The molecule has 24 heavy (non-hydrogen) atoms.